The van der Waals surface area contributed by atoms with Gasteiger partial charge < -0.3 is 20.9 Å². The Labute approximate surface area is 252 Å². The van der Waals surface area contributed by atoms with Crippen LogP contribution in [-0.4, -0.2) is 76.2 Å². The number of hydrogen-bond acceptors (Lipinski definition) is 8. The number of nitriles is 1. The summed E-state index contributed by atoms with van der Waals surface area (Å²) < 4.78 is 1.71. The zero-order chi connectivity index (χ0) is 30.7. The molecule has 2 aromatic carbocycles. The molecule has 1 aliphatic carbocycles. The summed E-state index contributed by atoms with van der Waals surface area (Å²) in [6, 6.07) is 14.0. The van der Waals surface area contributed by atoms with Crippen molar-refractivity contribution < 1.29 is 9.59 Å². The molecule has 0 radical (unpaired) electrons. The first-order chi connectivity index (χ1) is 20.7. The average Bonchev–Trinajstić information content (AvgIpc) is 3.67. The van der Waals surface area contributed by atoms with E-state index in [9.17, 15) is 14.9 Å². The maximum atomic E-state index is 13.1. The van der Waals surface area contributed by atoms with Gasteiger partial charge in [-0.3, -0.25) is 9.59 Å². The molecule has 1 saturated heterocycles. The Morgan fingerprint density at radius 3 is 2.40 bits per heavy atom. The van der Waals surface area contributed by atoms with Crippen LogP contribution in [0, 0.1) is 11.3 Å². The van der Waals surface area contributed by atoms with Gasteiger partial charge in [0.15, 0.2) is 5.82 Å². The second-order valence-corrected chi connectivity index (χ2v) is 11.4. The van der Waals surface area contributed by atoms with Gasteiger partial charge in [0.1, 0.15) is 6.04 Å². The van der Waals surface area contributed by atoms with Crippen molar-refractivity contribution in [2.75, 3.05) is 27.2 Å². The Balaban J connectivity index is 1.62. The fourth-order valence-corrected chi connectivity index (χ4v) is 6.70. The minimum atomic E-state index is -0.793. The number of likely N-dealkylation sites (tertiary alicyclic amines) is 1. The van der Waals surface area contributed by atoms with E-state index in [1.54, 1.807) is 16.6 Å². The monoisotopic (exact) mass is 581 g/mol. The lowest BCUT2D eigenvalue weighted by atomic mass is 9.67. The van der Waals surface area contributed by atoms with E-state index in [2.05, 4.69) is 69.2 Å². The largest absolute Gasteiger partial charge is 0.388 e. The average molecular weight is 582 g/mol. The predicted octanol–water partition coefficient (Wildman–Crippen LogP) is 2.08. The topological polar surface area (TPSA) is 141 Å². The summed E-state index contributed by atoms with van der Waals surface area (Å²) >= 11 is 0. The summed E-state index contributed by atoms with van der Waals surface area (Å²) in [7, 11) is 5.33. The second kappa shape index (κ2) is 12.4. The van der Waals surface area contributed by atoms with Crippen LogP contribution in [0.2, 0.25) is 0 Å². The third-order valence-electron chi connectivity index (χ3n) is 8.87. The lowest BCUT2D eigenvalue weighted by molar-refractivity contribution is -0.130. The van der Waals surface area contributed by atoms with Crippen molar-refractivity contribution in [3.8, 4) is 6.07 Å². The number of aryl methyl sites for hydroxylation is 3. The standard InChI is InChI=1S/C32H39N9O2/c1-20(36-19-29(42)41-14-6-7-26(41)18-33)17-32(31-37-38-39-40(31)5)27-12-10-22(21(2)34-3)15-23(27)8-9-24-16-25(30(43)35-4)11-13-28(24)32/h10-13,15-16,20,26,34,36H,2,6-9,14,17,19H2,1,3-5H3,(H,35,43)/t20-,26-,32?/m0/s1. The quantitative estimate of drug-likeness (QED) is 0.349. The maximum Gasteiger partial charge on any atom is 0.251 e. The zero-order valence-electron chi connectivity index (χ0n) is 25.3. The number of amides is 2. The van der Waals surface area contributed by atoms with Crippen molar-refractivity contribution in [3.05, 3.63) is 82.2 Å². The molecule has 0 spiro atoms. The van der Waals surface area contributed by atoms with E-state index in [1.807, 2.05) is 32.3 Å². The van der Waals surface area contributed by atoms with Gasteiger partial charge in [-0.15, -0.1) is 5.10 Å². The Kier molecular flexibility index (Phi) is 8.59. The smallest absolute Gasteiger partial charge is 0.251 e. The van der Waals surface area contributed by atoms with E-state index >= 15 is 0 Å². The van der Waals surface area contributed by atoms with Crippen LogP contribution in [0.4, 0.5) is 0 Å². The molecule has 3 N–H and O–H groups in total. The van der Waals surface area contributed by atoms with Crippen molar-refractivity contribution in [2.45, 2.75) is 56.5 Å². The number of tetrazole rings is 1. The van der Waals surface area contributed by atoms with Gasteiger partial charge >= 0.3 is 0 Å². The molecule has 1 aromatic heterocycles. The minimum Gasteiger partial charge on any atom is -0.388 e. The fourth-order valence-electron chi connectivity index (χ4n) is 6.70. The highest BCUT2D eigenvalue weighted by Crippen LogP contribution is 2.47. The summed E-state index contributed by atoms with van der Waals surface area (Å²) in [5.41, 5.74) is 5.92. The molecular weight excluding hydrogens is 542 g/mol. The van der Waals surface area contributed by atoms with Crippen LogP contribution >= 0.6 is 0 Å². The van der Waals surface area contributed by atoms with Gasteiger partial charge in [0.2, 0.25) is 5.91 Å². The number of carbonyl (C=O) groups is 2. The summed E-state index contributed by atoms with van der Waals surface area (Å²) in [5.74, 6) is 0.459. The summed E-state index contributed by atoms with van der Waals surface area (Å²) in [4.78, 5) is 27.4. The number of carbonyl (C=O) groups excluding carboxylic acids is 2. The molecule has 2 heterocycles. The number of benzene rings is 2. The highest BCUT2D eigenvalue weighted by atomic mass is 16.2. The van der Waals surface area contributed by atoms with Gasteiger partial charge in [0, 0.05) is 45.0 Å². The molecule has 1 fully saturated rings. The molecule has 1 unspecified atom stereocenters. The van der Waals surface area contributed by atoms with Crippen molar-refractivity contribution in [1.29, 1.82) is 5.26 Å². The molecule has 2 amide bonds. The van der Waals surface area contributed by atoms with Crippen LogP contribution in [0.3, 0.4) is 0 Å². The number of aromatic nitrogens is 4. The number of nitrogens with zero attached hydrogens (tertiary/aromatic N) is 6. The molecule has 1 aliphatic heterocycles. The second-order valence-electron chi connectivity index (χ2n) is 11.4. The van der Waals surface area contributed by atoms with Gasteiger partial charge in [-0.05, 0) is 95.5 Å². The van der Waals surface area contributed by atoms with Crippen molar-refractivity contribution in [3.63, 3.8) is 0 Å². The molecule has 224 valence electrons. The molecule has 43 heavy (non-hydrogen) atoms. The maximum absolute atomic E-state index is 13.1. The first-order valence-electron chi connectivity index (χ1n) is 14.7. The zero-order valence-corrected chi connectivity index (χ0v) is 25.3. The van der Waals surface area contributed by atoms with E-state index in [1.165, 1.54) is 0 Å². The number of fused-ring (bicyclic) bond motifs is 2. The minimum absolute atomic E-state index is 0.0719. The third kappa shape index (κ3) is 5.50. The van der Waals surface area contributed by atoms with E-state index in [0.717, 1.165) is 52.8 Å². The molecule has 3 aromatic rings. The van der Waals surface area contributed by atoms with Gasteiger partial charge in [-0.2, -0.15) is 5.26 Å². The van der Waals surface area contributed by atoms with Gasteiger partial charge in [-0.25, -0.2) is 4.68 Å². The van der Waals surface area contributed by atoms with E-state index in [-0.39, 0.29) is 30.4 Å². The molecule has 5 rings (SSSR count). The molecule has 3 atom stereocenters. The van der Waals surface area contributed by atoms with Crippen LogP contribution in [-0.2, 0) is 30.1 Å². The van der Waals surface area contributed by atoms with Gasteiger partial charge in [-0.1, -0.05) is 24.8 Å². The van der Waals surface area contributed by atoms with Crippen LogP contribution in [0.15, 0.2) is 43.0 Å². The number of hydrogen-bond donors (Lipinski definition) is 3. The van der Waals surface area contributed by atoms with Crippen LogP contribution in [0.25, 0.3) is 5.70 Å². The number of rotatable bonds is 9. The molecule has 11 nitrogen and oxygen atoms in total. The first-order valence-corrected chi connectivity index (χ1v) is 14.7. The summed E-state index contributed by atoms with van der Waals surface area (Å²) in [5, 5.41) is 31.7. The van der Waals surface area contributed by atoms with Crippen LogP contribution < -0.4 is 16.0 Å². The predicted molar refractivity (Wildman–Crippen MR) is 163 cm³/mol. The van der Waals surface area contributed by atoms with Gasteiger partial charge in [0.25, 0.3) is 5.91 Å². The van der Waals surface area contributed by atoms with Crippen molar-refractivity contribution >= 4 is 17.5 Å². The van der Waals surface area contributed by atoms with Crippen molar-refractivity contribution in [1.82, 2.24) is 41.1 Å². The molecular formula is C32H39N9O2. The van der Waals surface area contributed by atoms with Crippen LogP contribution in [0.5, 0.6) is 0 Å². The Bertz CT molecular complexity index is 1520. The summed E-state index contributed by atoms with van der Waals surface area (Å²) in [6.45, 7) is 6.97. The van der Waals surface area contributed by atoms with E-state index < -0.39 is 5.41 Å². The Hall–Kier alpha value is -4.56. The lowest BCUT2D eigenvalue weighted by Gasteiger charge is -2.37. The third-order valence-corrected chi connectivity index (χ3v) is 8.87. The molecule has 11 heteroatoms. The van der Waals surface area contributed by atoms with E-state index in [4.69, 9.17) is 0 Å². The Morgan fingerprint density at radius 2 is 1.79 bits per heavy atom. The van der Waals surface area contributed by atoms with Crippen molar-refractivity contribution in [2.24, 2.45) is 7.05 Å². The molecule has 0 bridgehead atoms. The number of nitrogens with one attached hydrogen (secondary N) is 3. The highest BCUT2D eigenvalue weighted by Gasteiger charge is 2.46. The lowest BCUT2D eigenvalue weighted by Crippen LogP contribution is -2.45. The molecule has 2 aliphatic rings. The fraction of sp³-hybridized carbons (Fsp3) is 0.438. The first kappa shape index (κ1) is 29.9. The van der Waals surface area contributed by atoms with E-state index in [0.29, 0.717) is 30.8 Å². The SMILES string of the molecule is C=C(NC)c1ccc2c(c1)CCc1cc(C(=O)NC)ccc1C2(C[C@H](C)NCC(=O)N1CCC[C@H]1C#N)c1nnnn1C. The van der Waals surface area contributed by atoms with Gasteiger partial charge in [0.05, 0.1) is 18.0 Å². The Morgan fingerprint density at radius 1 is 1.12 bits per heavy atom. The molecule has 0 saturated carbocycles. The summed E-state index contributed by atoms with van der Waals surface area (Å²) in [6.07, 6.45) is 3.58. The van der Waals surface area contributed by atoms with Crippen LogP contribution in [0.1, 0.15) is 70.2 Å². The normalized spacial score (nSPS) is 19.9. The highest BCUT2D eigenvalue weighted by molar-refractivity contribution is 5.94.